The van der Waals surface area contributed by atoms with Crippen molar-refractivity contribution in [2.45, 2.75) is 12.8 Å². The molecule has 0 radical (unpaired) electrons. The second kappa shape index (κ2) is 6.57. The average Bonchev–Trinajstić information content (AvgIpc) is 2.77. The third-order valence-electron chi connectivity index (χ3n) is 3.54. The van der Waals surface area contributed by atoms with Crippen LogP contribution in [0.1, 0.15) is 12.0 Å². The second-order valence-corrected chi connectivity index (χ2v) is 4.95. The van der Waals surface area contributed by atoms with E-state index in [2.05, 4.69) is 12.1 Å². The van der Waals surface area contributed by atoms with Crippen LogP contribution in [0.2, 0.25) is 0 Å². The quantitative estimate of drug-likeness (QED) is 0.784. The van der Waals surface area contributed by atoms with E-state index in [0.717, 1.165) is 18.7 Å². The van der Waals surface area contributed by atoms with Crippen molar-refractivity contribution < 1.29 is 14.3 Å². The Morgan fingerprint density at radius 3 is 2.63 bits per heavy atom. The molecule has 0 bridgehead atoms. The van der Waals surface area contributed by atoms with Gasteiger partial charge < -0.3 is 14.4 Å². The Kier molecular flexibility index (Phi) is 4.80. The minimum absolute atomic E-state index is 0.246. The smallest absolute Gasteiger partial charge is 0.223 e. The average molecular weight is 263 g/mol. The zero-order chi connectivity index (χ0) is 13.7. The van der Waals surface area contributed by atoms with Crippen LogP contribution in [0.25, 0.3) is 0 Å². The van der Waals surface area contributed by atoms with Crippen molar-refractivity contribution in [1.82, 2.24) is 4.90 Å². The molecule has 1 heterocycles. The molecule has 1 amide bonds. The minimum atomic E-state index is 0.246. The van der Waals surface area contributed by atoms with Gasteiger partial charge in [-0.1, -0.05) is 12.1 Å². The summed E-state index contributed by atoms with van der Waals surface area (Å²) in [5, 5.41) is 0. The number of ether oxygens (including phenoxy) is 2. The number of methoxy groups -OCH3 is 2. The molecule has 1 aliphatic rings. The molecule has 1 aromatic rings. The molecule has 0 unspecified atom stereocenters. The first kappa shape index (κ1) is 13.9. The normalized spacial score (nSPS) is 18.9. The van der Waals surface area contributed by atoms with E-state index in [9.17, 15) is 4.79 Å². The molecular weight excluding hydrogens is 242 g/mol. The molecule has 1 atom stereocenters. The van der Waals surface area contributed by atoms with Crippen molar-refractivity contribution in [1.29, 1.82) is 0 Å². The fourth-order valence-corrected chi connectivity index (χ4v) is 2.50. The Bertz CT molecular complexity index is 416. The maximum atomic E-state index is 11.8. The Balaban J connectivity index is 1.88. The van der Waals surface area contributed by atoms with Crippen molar-refractivity contribution in [3.8, 4) is 5.75 Å². The van der Waals surface area contributed by atoms with Crippen molar-refractivity contribution in [3.63, 3.8) is 0 Å². The molecule has 0 saturated carbocycles. The van der Waals surface area contributed by atoms with E-state index >= 15 is 0 Å². The van der Waals surface area contributed by atoms with Gasteiger partial charge >= 0.3 is 0 Å². The van der Waals surface area contributed by atoms with Gasteiger partial charge in [0.2, 0.25) is 5.91 Å². The molecule has 0 spiro atoms. The summed E-state index contributed by atoms with van der Waals surface area (Å²) in [6, 6.07) is 8.08. The third kappa shape index (κ3) is 3.70. The van der Waals surface area contributed by atoms with Gasteiger partial charge in [0, 0.05) is 26.6 Å². The summed E-state index contributed by atoms with van der Waals surface area (Å²) < 4.78 is 10.2. The van der Waals surface area contributed by atoms with Crippen molar-refractivity contribution in [2.24, 2.45) is 5.92 Å². The van der Waals surface area contributed by atoms with E-state index in [1.165, 1.54) is 5.56 Å². The van der Waals surface area contributed by atoms with Gasteiger partial charge in [-0.15, -0.1) is 0 Å². The van der Waals surface area contributed by atoms with E-state index in [1.54, 1.807) is 14.2 Å². The van der Waals surface area contributed by atoms with E-state index < -0.39 is 0 Å². The molecule has 1 aromatic carbocycles. The topological polar surface area (TPSA) is 38.8 Å². The molecule has 19 heavy (non-hydrogen) atoms. The number of nitrogens with zero attached hydrogens (tertiary/aromatic N) is 1. The minimum Gasteiger partial charge on any atom is -0.497 e. The largest absolute Gasteiger partial charge is 0.497 e. The van der Waals surface area contributed by atoms with Crippen LogP contribution in [0.3, 0.4) is 0 Å². The van der Waals surface area contributed by atoms with Crippen LogP contribution >= 0.6 is 0 Å². The van der Waals surface area contributed by atoms with Gasteiger partial charge in [0.05, 0.1) is 13.7 Å². The van der Waals surface area contributed by atoms with Crippen molar-refractivity contribution in [2.75, 3.05) is 33.9 Å². The molecule has 104 valence electrons. The van der Waals surface area contributed by atoms with Crippen LogP contribution < -0.4 is 4.74 Å². The summed E-state index contributed by atoms with van der Waals surface area (Å²) in [6.07, 6.45) is 1.59. The Hall–Kier alpha value is -1.55. The third-order valence-corrected chi connectivity index (χ3v) is 3.54. The highest BCUT2D eigenvalue weighted by Crippen LogP contribution is 2.22. The molecular formula is C15H21NO3. The molecule has 2 rings (SSSR count). The number of benzene rings is 1. The second-order valence-electron chi connectivity index (χ2n) is 4.95. The molecule has 0 aliphatic carbocycles. The molecule has 0 aromatic heterocycles. The summed E-state index contributed by atoms with van der Waals surface area (Å²) in [5.74, 6) is 1.53. The van der Waals surface area contributed by atoms with Gasteiger partial charge in [-0.25, -0.2) is 0 Å². The molecule has 0 N–H and O–H groups in total. The summed E-state index contributed by atoms with van der Waals surface area (Å²) in [5.41, 5.74) is 1.26. The van der Waals surface area contributed by atoms with Crippen LogP contribution in [0.4, 0.5) is 0 Å². The standard InChI is InChI=1S/C15H21NO3/c1-18-8-7-16-11-13(10-15(16)17)9-12-3-5-14(19-2)6-4-12/h3-6,13H,7-11H2,1-2H3/t13-/m0/s1. The fourth-order valence-electron chi connectivity index (χ4n) is 2.50. The number of carbonyl (C=O) groups is 1. The van der Waals surface area contributed by atoms with Crippen molar-refractivity contribution >= 4 is 5.91 Å². The number of hydrogen-bond donors (Lipinski definition) is 0. The molecule has 1 fully saturated rings. The molecule has 1 saturated heterocycles. The highest BCUT2D eigenvalue weighted by Gasteiger charge is 2.28. The predicted octanol–water partition coefficient (Wildman–Crippen LogP) is 1.73. The van der Waals surface area contributed by atoms with Gasteiger partial charge in [-0.3, -0.25) is 4.79 Å². The summed E-state index contributed by atoms with van der Waals surface area (Å²) in [7, 11) is 3.33. The zero-order valence-corrected chi connectivity index (χ0v) is 11.6. The Labute approximate surface area is 114 Å². The predicted molar refractivity (Wildman–Crippen MR) is 73.3 cm³/mol. The van der Waals surface area contributed by atoms with Crippen LogP contribution in [0.15, 0.2) is 24.3 Å². The van der Waals surface area contributed by atoms with Crippen LogP contribution in [-0.2, 0) is 16.0 Å². The first-order valence-electron chi connectivity index (χ1n) is 6.62. The number of likely N-dealkylation sites (tertiary alicyclic amines) is 1. The molecule has 4 heteroatoms. The Morgan fingerprint density at radius 2 is 2.00 bits per heavy atom. The SMILES string of the molecule is COCCN1C[C@@H](Cc2ccc(OC)cc2)CC1=O. The lowest BCUT2D eigenvalue weighted by atomic mass is 9.98. The lowest BCUT2D eigenvalue weighted by molar-refractivity contribution is -0.128. The van der Waals surface area contributed by atoms with Gasteiger partial charge in [0.15, 0.2) is 0 Å². The van der Waals surface area contributed by atoms with Crippen LogP contribution in [0.5, 0.6) is 5.75 Å². The van der Waals surface area contributed by atoms with E-state index in [1.807, 2.05) is 17.0 Å². The fraction of sp³-hybridized carbons (Fsp3) is 0.533. The van der Waals surface area contributed by atoms with Crippen LogP contribution in [0, 0.1) is 5.92 Å². The van der Waals surface area contributed by atoms with Gasteiger partial charge in [0.1, 0.15) is 5.75 Å². The van der Waals surface area contributed by atoms with Gasteiger partial charge in [-0.05, 0) is 30.0 Å². The first-order valence-corrected chi connectivity index (χ1v) is 6.62. The lowest BCUT2D eigenvalue weighted by Crippen LogP contribution is -2.28. The van der Waals surface area contributed by atoms with Gasteiger partial charge in [0.25, 0.3) is 0 Å². The monoisotopic (exact) mass is 263 g/mol. The Morgan fingerprint density at radius 1 is 1.26 bits per heavy atom. The maximum Gasteiger partial charge on any atom is 0.223 e. The lowest BCUT2D eigenvalue weighted by Gasteiger charge is -2.16. The van der Waals surface area contributed by atoms with E-state index in [4.69, 9.17) is 9.47 Å². The molecule has 4 nitrogen and oxygen atoms in total. The summed E-state index contributed by atoms with van der Waals surface area (Å²) in [4.78, 5) is 13.7. The summed E-state index contributed by atoms with van der Waals surface area (Å²) in [6.45, 7) is 2.16. The zero-order valence-electron chi connectivity index (χ0n) is 11.6. The summed E-state index contributed by atoms with van der Waals surface area (Å²) >= 11 is 0. The number of amides is 1. The number of carbonyl (C=O) groups excluding carboxylic acids is 1. The maximum absolute atomic E-state index is 11.8. The number of hydrogen-bond acceptors (Lipinski definition) is 3. The van der Waals surface area contributed by atoms with E-state index in [-0.39, 0.29) is 5.91 Å². The highest BCUT2D eigenvalue weighted by atomic mass is 16.5. The van der Waals surface area contributed by atoms with E-state index in [0.29, 0.717) is 25.5 Å². The molecule has 1 aliphatic heterocycles. The number of rotatable bonds is 6. The first-order chi connectivity index (χ1) is 9.22. The van der Waals surface area contributed by atoms with Gasteiger partial charge in [-0.2, -0.15) is 0 Å². The van der Waals surface area contributed by atoms with Crippen molar-refractivity contribution in [3.05, 3.63) is 29.8 Å². The van der Waals surface area contributed by atoms with Crippen LogP contribution in [-0.4, -0.2) is 44.7 Å². The highest BCUT2D eigenvalue weighted by molar-refractivity contribution is 5.78.